The van der Waals surface area contributed by atoms with Gasteiger partial charge in [-0.1, -0.05) is 35.9 Å². The number of carbonyl (C=O) groups excluding carboxylic acids is 1. The van der Waals surface area contributed by atoms with E-state index < -0.39 is 0 Å². The van der Waals surface area contributed by atoms with E-state index in [1.807, 2.05) is 80.6 Å². The Morgan fingerprint density at radius 2 is 1.53 bits per heavy atom. The Morgan fingerprint density at radius 3 is 2.12 bits per heavy atom. The van der Waals surface area contributed by atoms with Gasteiger partial charge < -0.3 is 14.2 Å². The molecule has 0 saturated heterocycles. The molecule has 0 spiro atoms. The number of rotatable bonds is 8. The minimum absolute atomic E-state index is 0.0676. The first-order chi connectivity index (χ1) is 16.4. The normalized spacial score (nSPS) is 17.5. The lowest BCUT2D eigenvalue weighted by Crippen LogP contribution is -2.31. The van der Waals surface area contributed by atoms with E-state index in [-0.39, 0.29) is 18.2 Å². The molecule has 0 aromatic heterocycles. The molecule has 3 aromatic rings. The molecule has 1 aliphatic rings. The number of amidine groups is 1. The molecule has 3 aromatic carbocycles. The van der Waals surface area contributed by atoms with Gasteiger partial charge in [0.15, 0.2) is 0 Å². The van der Waals surface area contributed by atoms with Gasteiger partial charge in [-0.05, 0) is 61.4 Å². The SMILES string of the molecule is COc1ccc(C2N=C(c3ccc(OC)cc3OC(C)C)N(C=O)C2c2ccc(Cl)cc2)cc1. The van der Waals surface area contributed by atoms with Crippen molar-refractivity contribution in [1.29, 1.82) is 0 Å². The minimum atomic E-state index is -0.354. The highest BCUT2D eigenvalue weighted by Gasteiger charge is 2.39. The zero-order chi connectivity index (χ0) is 24.2. The molecule has 2 unspecified atom stereocenters. The number of carbonyl (C=O) groups is 1. The Balaban J connectivity index is 1.86. The molecule has 0 radical (unpaired) electrons. The van der Waals surface area contributed by atoms with Crippen molar-refractivity contribution in [2.45, 2.75) is 32.0 Å². The van der Waals surface area contributed by atoms with Crippen molar-refractivity contribution < 1.29 is 19.0 Å². The fraction of sp³-hybridized carbons (Fsp3) is 0.259. The summed E-state index contributed by atoms with van der Waals surface area (Å²) in [6.07, 6.45) is 0.757. The van der Waals surface area contributed by atoms with E-state index in [1.54, 1.807) is 19.1 Å². The smallest absolute Gasteiger partial charge is 0.215 e. The van der Waals surface area contributed by atoms with Gasteiger partial charge >= 0.3 is 0 Å². The predicted molar refractivity (Wildman–Crippen MR) is 133 cm³/mol. The fourth-order valence-electron chi connectivity index (χ4n) is 4.10. The molecule has 176 valence electrons. The molecule has 1 heterocycles. The molecule has 0 bridgehead atoms. The second-order valence-corrected chi connectivity index (χ2v) is 8.64. The molecule has 1 amide bonds. The number of halogens is 1. The highest BCUT2D eigenvalue weighted by atomic mass is 35.5. The minimum Gasteiger partial charge on any atom is -0.497 e. The van der Waals surface area contributed by atoms with Gasteiger partial charge in [0, 0.05) is 11.1 Å². The van der Waals surface area contributed by atoms with Crippen molar-refractivity contribution in [3.63, 3.8) is 0 Å². The first kappa shape index (κ1) is 23.6. The van der Waals surface area contributed by atoms with Crippen LogP contribution in [-0.2, 0) is 4.79 Å². The summed E-state index contributed by atoms with van der Waals surface area (Å²) < 4.78 is 16.8. The van der Waals surface area contributed by atoms with Gasteiger partial charge in [0.25, 0.3) is 0 Å². The monoisotopic (exact) mass is 478 g/mol. The van der Waals surface area contributed by atoms with E-state index in [1.165, 1.54) is 0 Å². The lowest BCUT2D eigenvalue weighted by molar-refractivity contribution is -0.116. The molecule has 7 heteroatoms. The number of methoxy groups -OCH3 is 2. The topological polar surface area (TPSA) is 60.4 Å². The molecule has 1 aliphatic heterocycles. The van der Waals surface area contributed by atoms with Gasteiger partial charge in [-0.25, -0.2) is 0 Å². The van der Waals surface area contributed by atoms with Gasteiger partial charge in [0.1, 0.15) is 29.1 Å². The van der Waals surface area contributed by atoms with E-state index in [2.05, 4.69) is 0 Å². The van der Waals surface area contributed by atoms with Crippen molar-refractivity contribution >= 4 is 23.8 Å². The molecule has 0 fully saturated rings. The van der Waals surface area contributed by atoms with Crippen LogP contribution in [0.25, 0.3) is 0 Å². The van der Waals surface area contributed by atoms with E-state index in [4.69, 9.17) is 30.8 Å². The van der Waals surface area contributed by atoms with Gasteiger partial charge in [-0.3, -0.25) is 14.7 Å². The molecule has 6 nitrogen and oxygen atoms in total. The summed E-state index contributed by atoms with van der Waals surface area (Å²) in [7, 11) is 3.24. The maximum absolute atomic E-state index is 12.5. The van der Waals surface area contributed by atoms with Gasteiger partial charge in [-0.15, -0.1) is 0 Å². The number of amides is 1. The highest BCUT2D eigenvalue weighted by molar-refractivity contribution is 6.30. The van der Waals surface area contributed by atoms with Crippen LogP contribution in [0.4, 0.5) is 0 Å². The van der Waals surface area contributed by atoms with Crippen LogP contribution in [0.5, 0.6) is 17.2 Å². The van der Waals surface area contributed by atoms with Crippen molar-refractivity contribution in [1.82, 2.24) is 4.90 Å². The number of hydrogen-bond acceptors (Lipinski definition) is 5. The Bertz CT molecular complexity index is 1180. The number of hydrogen-bond donors (Lipinski definition) is 0. The molecular formula is C27H27ClN2O4. The fourth-order valence-corrected chi connectivity index (χ4v) is 4.23. The average Bonchev–Trinajstić information content (AvgIpc) is 3.23. The maximum Gasteiger partial charge on any atom is 0.215 e. The Morgan fingerprint density at radius 1 is 0.912 bits per heavy atom. The van der Waals surface area contributed by atoms with Crippen molar-refractivity contribution in [3.8, 4) is 17.2 Å². The Labute approximate surface area is 204 Å². The predicted octanol–water partition coefficient (Wildman–Crippen LogP) is 5.85. The van der Waals surface area contributed by atoms with Crippen LogP contribution in [0, 0.1) is 0 Å². The van der Waals surface area contributed by atoms with Crippen LogP contribution in [0.2, 0.25) is 5.02 Å². The quantitative estimate of drug-likeness (QED) is 0.381. The van der Waals surface area contributed by atoms with Crippen LogP contribution in [0.1, 0.15) is 42.6 Å². The van der Waals surface area contributed by atoms with Crippen LogP contribution in [-0.4, -0.2) is 37.5 Å². The second-order valence-electron chi connectivity index (χ2n) is 8.21. The summed E-state index contributed by atoms with van der Waals surface area (Å²) in [5.74, 6) is 2.56. The third-order valence-corrected chi connectivity index (χ3v) is 5.93. The summed E-state index contributed by atoms with van der Waals surface area (Å²) in [6.45, 7) is 3.90. The molecule has 0 N–H and O–H groups in total. The summed E-state index contributed by atoms with van der Waals surface area (Å²) in [5, 5.41) is 0.629. The lowest BCUT2D eigenvalue weighted by atomic mass is 9.94. The third-order valence-electron chi connectivity index (χ3n) is 5.68. The summed E-state index contributed by atoms with van der Waals surface area (Å²) in [5.41, 5.74) is 2.61. The van der Waals surface area contributed by atoms with Gasteiger partial charge in [-0.2, -0.15) is 0 Å². The summed E-state index contributed by atoms with van der Waals surface area (Å²) >= 11 is 6.14. The molecule has 2 atom stereocenters. The van der Waals surface area contributed by atoms with Crippen molar-refractivity contribution in [3.05, 3.63) is 88.4 Å². The van der Waals surface area contributed by atoms with E-state index in [9.17, 15) is 4.79 Å². The first-order valence-corrected chi connectivity index (χ1v) is 11.4. The van der Waals surface area contributed by atoms with Gasteiger partial charge in [0.05, 0.1) is 31.9 Å². The molecule has 0 aliphatic carbocycles. The number of nitrogens with zero attached hydrogens (tertiary/aromatic N) is 2. The van der Waals surface area contributed by atoms with Crippen molar-refractivity contribution in [2.24, 2.45) is 4.99 Å². The maximum atomic E-state index is 12.5. The second kappa shape index (κ2) is 10.2. The number of benzene rings is 3. The number of ether oxygens (including phenoxy) is 3. The third kappa shape index (κ3) is 4.73. The molecule has 0 saturated carbocycles. The van der Waals surface area contributed by atoms with E-state index >= 15 is 0 Å². The zero-order valence-electron chi connectivity index (χ0n) is 19.6. The Hall–Kier alpha value is -3.51. The van der Waals surface area contributed by atoms with E-state index in [0.29, 0.717) is 22.4 Å². The average molecular weight is 479 g/mol. The van der Waals surface area contributed by atoms with Crippen LogP contribution < -0.4 is 14.2 Å². The van der Waals surface area contributed by atoms with Crippen molar-refractivity contribution in [2.75, 3.05) is 14.2 Å². The lowest BCUT2D eigenvalue weighted by Gasteiger charge is -2.27. The highest BCUT2D eigenvalue weighted by Crippen LogP contribution is 2.44. The standard InChI is InChI=1S/C27H27ClN2O4/c1-17(2)34-24-15-22(33-4)13-14-23(24)27-29-25(18-7-11-21(32-3)12-8-18)26(30(27)16-31)19-5-9-20(28)10-6-19/h5-17,25-26H,1-4H3. The Kier molecular flexibility index (Phi) is 7.08. The van der Waals surface area contributed by atoms with Crippen LogP contribution in [0.15, 0.2) is 71.7 Å². The number of aliphatic imine (C=N–C) groups is 1. The molecule has 4 rings (SSSR count). The van der Waals surface area contributed by atoms with Crippen LogP contribution >= 0.6 is 11.6 Å². The van der Waals surface area contributed by atoms with Gasteiger partial charge in [0.2, 0.25) is 6.41 Å². The summed E-state index contributed by atoms with van der Waals surface area (Å²) in [4.78, 5) is 19.2. The first-order valence-electron chi connectivity index (χ1n) is 11.0. The summed E-state index contributed by atoms with van der Waals surface area (Å²) in [6, 6.07) is 20.1. The molecular weight excluding hydrogens is 452 g/mol. The van der Waals surface area contributed by atoms with E-state index in [0.717, 1.165) is 28.8 Å². The largest absolute Gasteiger partial charge is 0.497 e. The van der Waals surface area contributed by atoms with Crippen LogP contribution in [0.3, 0.4) is 0 Å². The molecule has 34 heavy (non-hydrogen) atoms. The zero-order valence-corrected chi connectivity index (χ0v) is 20.3.